The summed E-state index contributed by atoms with van der Waals surface area (Å²) in [7, 11) is 1.33. The molecule has 0 N–H and O–H groups in total. The maximum atomic E-state index is 12.6. The fourth-order valence-electron chi connectivity index (χ4n) is 0.834. The van der Waals surface area contributed by atoms with Gasteiger partial charge in [0.25, 0.3) is 0 Å². The molecule has 0 bridgehead atoms. The largest absolute Gasteiger partial charge is 0.367 e. The predicted molar refractivity (Wildman–Crippen MR) is 43.4 cm³/mol. The third-order valence-electron chi connectivity index (χ3n) is 1.40. The molecule has 0 aliphatic heterocycles. The summed E-state index contributed by atoms with van der Waals surface area (Å²) in [4.78, 5) is 10.4. The molecule has 1 aromatic rings. The van der Waals surface area contributed by atoms with Gasteiger partial charge in [-0.2, -0.15) is 13.9 Å². The molecule has 3 nitrogen and oxygen atoms in total. The number of hydrogen-bond donors (Lipinski definition) is 0. The van der Waals surface area contributed by atoms with Gasteiger partial charge in [-0.25, -0.2) is 0 Å². The lowest BCUT2D eigenvalue weighted by atomic mass is 10.3. The number of halogens is 4. The average Bonchev–Trinajstić information content (AvgIpc) is 2.28. The minimum atomic E-state index is -3.68. The zero-order valence-corrected chi connectivity index (χ0v) is 7.90. The van der Waals surface area contributed by atoms with Crippen molar-refractivity contribution in [1.29, 1.82) is 0 Å². The van der Waals surface area contributed by atoms with Crippen molar-refractivity contribution < 1.29 is 13.6 Å². The van der Waals surface area contributed by atoms with E-state index in [1.807, 2.05) is 0 Å². The number of aromatic nitrogens is 2. The van der Waals surface area contributed by atoms with Crippen molar-refractivity contribution in [3.05, 3.63) is 16.4 Å². The Morgan fingerprint density at radius 3 is 2.46 bits per heavy atom. The normalized spacial score (nSPS) is 11.8. The molecule has 0 spiro atoms. The minimum absolute atomic E-state index is 0.162. The molecule has 0 aromatic carbocycles. The summed E-state index contributed by atoms with van der Waals surface area (Å²) < 4.78 is 26.1. The van der Waals surface area contributed by atoms with Crippen molar-refractivity contribution in [3.8, 4) is 0 Å². The highest BCUT2D eigenvalue weighted by Crippen LogP contribution is 2.35. The Balaban J connectivity index is 3.38. The smallest absolute Gasteiger partial charge is 0.298 e. The third-order valence-corrected chi connectivity index (χ3v) is 2.03. The molecule has 1 heterocycles. The van der Waals surface area contributed by atoms with Crippen LogP contribution in [0.25, 0.3) is 0 Å². The highest BCUT2D eigenvalue weighted by atomic mass is 35.5. The quantitative estimate of drug-likeness (QED) is 0.575. The fourth-order valence-corrected chi connectivity index (χ4v) is 1.15. The SMILES string of the molecule is Cn1nc(C(F)(F)Cl)c(C=O)c1Cl. The van der Waals surface area contributed by atoms with Gasteiger partial charge in [0.15, 0.2) is 12.0 Å². The lowest BCUT2D eigenvalue weighted by Gasteiger charge is -2.02. The van der Waals surface area contributed by atoms with Gasteiger partial charge in [0.2, 0.25) is 0 Å². The van der Waals surface area contributed by atoms with Crippen molar-refractivity contribution in [2.24, 2.45) is 7.05 Å². The molecular weight excluding hydrogens is 225 g/mol. The van der Waals surface area contributed by atoms with E-state index in [4.69, 9.17) is 23.2 Å². The first-order valence-corrected chi connectivity index (χ1v) is 3.88. The third kappa shape index (κ3) is 1.81. The topological polar surface area (TPSA) is 34.9 Å². The number of carbonyl (C=O) groups excluding carboxylic acids is 1. The van der Waals surface area contributed by atoms with E-state index in [1.54, 1.807) is 0 Å². The first kappa shape index (κ1) is 10.4. The van der Waals surface area contributed by atoms with Crippen molar-refractivity contribution in [1.82, 2.24) is 9.78 Å². The Morgan fingerprint density at radius 2 is 2.15 bits per heavy atom. The average molecular weight is 229 g/mol. The van der Waals surface area contributed by atoms with Crippen LogP contribution in [0.5, 0.6) is 0 Å². The summed E-state index contributed by atoms with van der Waals surface area (Å²) in [5.74, 6) is 0. The van der Waals surface area contributed by atoms with Gasteiger partial charge in [-0.15, -0.1) is 0 Å². The molecular formula is C6H4Cl2F2N2O. The van der Waals surface area contributed by atoms with Crippen LogP contribution in [-0.4, -0.2) is 16.1 Å². The highest BCUT2D eigenvalue weighted by molar-refractivity contribution is 6.32. The fraction of sp³-hybridized carbons (Fsp3) is 0.333. The second-order valence-corrected chi connectivity index (χ2v) is 3.13. The number of carbonyl (C=O) groups is 1. The summed E-state index contributed by atoms with van der Waals surface area (Å²) in [6.07, 6.45) is 0.195. The molecule has 0 fully saturated rings. The van der Waals surface area contributed by atoms with Gasteiger partial charge in [0.05, 0.1) is 5.56 Å². The number of aldehydes is 1. The molecule has 1 rings (SSSR count). The molecule has 7 heteroatoms. The Morgan fingerprint density at radius 1 is 1.62 bits per heavy atom. The number of rotatable bonds is 2. The van der Waals surface area contributed by atoms with Crippen LogP contribution in [0.3, 0.4) is 0 Å². The van der Waals surface area contributed by atoms with Crippen molar-refractivity contribution in [3.63, 3.8) is 0 Å². The zero-order valence-electron chi connectivity index (χ0n) is 6.39. The second kappa shape index (κ2) is 3.23. The van der Waals surface area contributed by atoms with Crippen LogP contribution in [-0.2, 0) is 12.4 Å². The summed E-state index contributed by atoms with van der Waals surface area (Å²) in [5.41, 5.74) is -1.21. The van der Waals surface area contributed by atoms with Crippen LogP contribution in [0.4, 0.5) is 8.78 Å². The molecule has 0 saturated carbocycles. The molecule has 0 saturated heterocycles. The van der Waals surface area contributed by atoms with E-state index in [1.165, 1.54) is 7.05 Å². The molecule has 13 heavy (non-hydrogen) atoms. The first-order valence-electron chi connectivity index (χ1n) is 3.12. The Labute approximate surface area is 82.2 Å². The van der Waals surface area contributed by atoms with Gasteiger partial charge in [-0.05, 0) is 11.6 Å². The lowest BCUT2D eigenvalue weighted by molar-refractivity contribution is 0.0867. The van der Waals surface area contributed by atoms with E-state index in [9.17, 15) is 13.6 Å². The standard InChI is InChI=1S/C6H4Cl2F2N2O/c1-12-5(7)3(2-13)4(11-12)6(8,9)10/h2H,1H3. The molecule has 0 aliphatic carbocycles. The van der Waals surface area contributed by atoms with E-state index in [0.29, 0.717) is 0 Å². The zero-order chi connectivity index (χ0) is 10.2. The van der Waals surface area contributed by atoms with Gasteiger partial charge in [0, 0.05) is 7.05 Å². The highest BCUT2D eigenvalue weighted by Gasteiger charge is 2.36. The van der Waals surface area contributed by atoms with Gasteiger partial charge in [0.1, 0.15) is 5.15 Å². The van der Waals surface area contributed by atoms with Gasteiger partial charge in [-0.3, -0.25) is 9.48 Å². The van der Waals surface area contributed by atoms with Crippen LogP contribution < -0.4 is 0 Å². The molecule has 1 aromatic heterocycles. The molecule has 72 valence electrons. The maximum Gasteiger partial charge on any atom is 0.367 e. The first-order chi connectivity index (χ1) is 5.88. The molecule has 0 aliphatic rings. The van der Waals surface area contributed by atoms with Gasteiger partial charge >= 0.3 is 5.38 Å². The monoisotopic (exact) mass is 228 g/mol. The molecule has 0 amide bonds. The van der Waals surface area contributed by atoms with E-state index >= 15 is 0 Å². The summed E-state index contributed by atoms with van der Waals surface area (Å²) in [5, 5.41) is -0.517. The van der Waals surface area contributed by atoms with E-state index in [0.717, 1.165) is 4.68 Å². The number of hydrogen-bond acceptors (Lipinski definition) is 2. The molecule has 0 radical (unpaired) electrons. The Kier molecular flexibility index (Phi) is 2.58. The van der Waals surface area contributed by atoms with Crippen molar-refractivity contribution >= 4 is 29.5 Å². The van der Waals surface area contributed by atoms with Crippen molar-refractivity contribution in [2.45, 2.75) is 5.38 Å². The van der Waals surface area contributed by atoms with E-state index in [-0.39, 0.29) is 17.0 Å². The molecule has 0 unspecified atom stereocenters. The number of nitrogens with zero attached hydrogens (tertiary/aromatic N) is 2. The molecule has 0 atom stereocenters. The minimum Gasteiger partial charge on any atom is -0.298 e. The van der Waals surface area contributed by atoms with Crippen LogP contribution in [0.1, 0.15) is 16.1 Å². The van der Waals surface area contributed by atoms with Gasteiger partial charge in [-0.1, -0.05) is 11.6 Å². The van der Waals surface area contributed by atoms with Crippen LogP contribution in [0.2, 0.25) is 5.15 Å². The lowest BCUT2D eigenvalue weighted by Crippen LogP contribution is -2.07. The van der Waals surface area contributed by atoms with E-state index in [2.05, 4.69) is 5.10 Å². The van der Waals surface area contributed by atoms with Crippen LogP contribution in [0, 0.1) is 0 Å². The second-order valence-electron chi connectivity index (χ2n) is 2.29. The summed E-state index contributed by atoms with van der Waals surface area (Å²) in [6.45, 7) is 0. The number of alkyl halides is 3. The van der Waals surface area contributed by atoms with Crippen LogP contribution >= 0.6 is 23.2 Å². The number of aryl methyl sites for hydroxylation is 1. The Bertz CT molecular complexity index is 345. The summed E-state index contributed by atoms with van der Waals surface area (Å²) in [6, 6.07) is 0. The van der Waals surface area contributed by atoms with Crippen molar-refractivity contribution in [2.75, 3.05) is 0 Å². The summed E-state index contributed by atoms with van der Waals surface area (Å²) >= 11 is 10.2. The predicted octanol–water partition coefficient (Wildman–Crippen LogP) is 2.17. The maximum absolute atomic E-state index is 12.6. The Hall–Kier alpha value is -0.680. The van der Waals surface area contributed by atoms with Crippen LogP contribution in [0.15, 0.2) is 0 Å². The van der Waals surface area contributed by atoms with Gasteiger partial charge < -0.3 is 0 Å². The van der Waals surface area contributed by atoms with E-state index < -0.39 is 11.1 Å².